The highest BCUT2D eigenvalue weighted by molar-refractivity contribution is 8.00. The van der Waals surface area contributed by atoms with E-state index in [0.717, 1.165) is 4.90 Å². The second-order valence-electron chi connectivity index (χ2n) is 3.76. The molecule has 0 saturated heterocycles. The summed E-state index contributed by atoms with van der Waals surface area (Å²) in [7, 11) is 0. The number of amides is 1. The van der Waals surface area contributed by atoms with Crippen molar-refractivity contribution in [3.63, 3.8) is 0 Å². The standard InChI is InChI=1S/C12H12FNO2S/c1-8(15)9-2-3-10-11(6-9)17-7-12(16)14(10)5-4-13/h2-3,6H,4-5,7H2,1H3. The maximum absolute atomic E-state index is 12.4. The molecule has 0 aliphatic carbocycles. The Morgan fingerprint density at radius 2 is 2.29 bits per heavy atom. The Bertz CT molecular complexity index is 476. The van der Waals surface area contributed by atoms with E-state index in [1.165, 1.54) is 23.6 Å². The number of anilines is 1. The van der Waals surface area contributed by atoms with Crippen LogP contribution in [0.4, 0.5) is 10.1 Å². The maximum atomic E-state index is 12.4. The summed E-state index contributed by atoms with van der Waals surface area (Å²) < 4.78 is 12.4. The molecule has 0 spiro atoms. The van der Waals surface area contributed by atoms with Crippen molar-refractivity contribution in [1.29, 1.82) is 0 Å². The number of benzene rings is 1. The highest BCUT2D eigenvalue weighted by Gasteiger charge is 2.24. The van der Waals surface area contributed by atoms with Crippen molar-refractivity contribution < 1.29 is 14.0 Å². The first-order valence-electron chi connectivity index (χ1n) is 5.27. The summed E-state index contributed by atoms with van der Waals surface area (Å²) >= 11 is 1.39. The Hall–Kier alpha value is -1.36. The number of nitrogens with zero attached hydrogens (tertiary/aromatic N) is 1. The molecule has 0 fully saturated rings. The lowest BCUT2D eigenvalue weighted by Crippen LogP contribution is -2.36. The van der Waals surface area contributed by atoms with E-state index in [9.17, 15) is 14.0 Å². The Kier molecular flexibility index (Phi) is 3.47. The van der Waals surface area contributed by atoms with E-state index in [2.05, 4.69) is 0 Å². The maximum Gasteiger partial charge on any atom is 0.237 e. The number of hydrogen-bond acceptors (Lipinski definition) is 3. The van der Waals surface area contributed by atoms with E-state index in [0.29, 0.717) is 17.0 Å². The zero-order chi connectivity index (χ0) is 12.4. The highest BCUT2D eigenvalue weighted by Crippen LogP contribution is 2.35. The molecule has 90 valence electrons. The van der Waals surface area contributed by atoms with E-state index < -0.39 is 6.67 Å². The van der Waals surface area contributed by atoms with Crippen LogP contribution in [0.3, 0.4) is 0 Å². The third-order valence-electron chi connectivity index (χ3n) is 2.62. The zero-order valence-electron chi connectivity index (χ0n) is 9.40. The molecule has 1 amide bonds. The number of alkyl halides is 1. The molecule has 0 saturated carbocycles. The van der Waals surface area contributed by atoms with E-state index in [1.807, 2.05) is 0 Å². The second kappa shape index (κ2) is 4.87. The number of hydrogen-bond donors (Lipinski definition) is 0. The van der Waals surface area contributed by atoms with E-state index >= 15 is 0 Å². The lowest BCUT2D eigenvalue weighted by atomic mass is 10.1. The predicted molar refractivity (Wildman–Crippen MR) is 65.5 cm³/mol. The van der Waals surface area contributed by atoms with Gasteiger partial charge in [-0.05, 0) is 25.1 Å². The first-order chi connectivity index (χ1) is 8.13. The molecule has 17 heavy (non-hydrogen) atoms. The summed E-state index contributed by atoms with van der Waals surface area (Å²) in [5.74, 6) is 0.201. The average Bonchev–Trinajstić information content (AvgIpc) is 2.32. The summed E-state index contributed by atoms with van der Waals surface area (Å²) in [5, 5.41) is 0. The Morgan fingerprint density at radius 3 is 2.94 bits per heavy atom. The molecule has 0 aromatic heterocycles. The number of carbonyl (C=O) groups is 2. The number of halogens is 1. The van der Waals surface area contributed by atoms with Crippen molar-refractivity contribution >= 4 is 29.1 Å². The van der Waals surface area contributed by atoms with E-state index in [4.69, 9.17) is 0 Å². The molecule has 0 unspecified atom stereocenters. The number of thioether (sulfide) groups is 1. The molecule has 1 aromatic carbocycles. The number of ketones is 1. The van der Waals surface area contributed by atoms with Crippen molar-refractivity contribution in [2.24, 2.45) is 0 Å². The highest BCUT2D eigenvalue weighted by atomic mass is 32.2. The van der Waals surface area contributed by atoms with Gasteiger partial charge in [-0.3, -0.25) is 9.59 Å². The van der Waals surface area contributed by atoms with Gasteiger partial charge in [0.1, 0.15) is 6.67 Å². The molecule has 1 aliphatic rings. The first-order valence-corrected chi connectivity index (χ1v) is 6.26. The topological polar surface area (TPSA) is 37.4 Å². The van der Waals surface area contributed by atoms with Crippen molar-refractivity contribution in [2.45, 2.75) is 11.8 Å². The van der Waals surface area contributed by atoms with Gasteiger partial charge in [0.15, 0.2) is 5.78 Å². The summed E-state index contributed by atoms with van der Waals surface area (Å²) in [5.41, 5.74) is 1.32. The van der Waals surface area contributed by atoms with Crippen LogP contribution in [-0.4, -0.2) is 30.7 Å². The number of rotatable bonds is 3. The summed E-state index contributed by atoms with van der Waals surface area (Å²) in [6, 6.07) is 5.15. The van der Waals surface area contributed by atoms with Gasteiger partial charge < -0.3 is 4.90 Å². The third-order valence-corrected chi connectivity index (χ3v) is 3.65. The van der Waals surface area contributed by atoms with Crippen molar-refractivity contribution in [2.75, 3.05) is 23.9 Å². The van der Waals surface area contributed by atoms with Gasteiger partial charge >= 0.3 is 0 Å². The monoisotopic (exact) mass is 253 g/mol. The van der Waals surface area contributed by atoms with Gasteiger partial charge in [-0.25, -0.2) is 4.39 Å². The summed E-state index contributed by atoms with van der Waals surface area (Å²) in [6.45, 7) is 1.01. The number of Topliss-reactive ketones (excluding diaryl/α,β-unsaturated/α-hetero) is 1. The van der Waals surface area contributed by atoms with Crippen LogP contribution in [0.1, 0.15) is 17.3 Å². The number of carbonyl (C=O) groups excluding carboxylic acids is 2. The van der Waals surface area contributed by atoms with E-state index in [1.54, 1.807) is 18.2 Å². The SMILES string of the molecule is CC(=O)c1ccc2c(c1)SCC(=O)N2CCF. The fourth-order valence-corrected chi connectivity index (χ4v) is 2.72. The smallest absolute Gasteiger partial charge is 0.237 e. The molecule has 0 N–H and O–H groups in total. The second-order valence-corrected chi connectivity index (χ2v) is 4.78. The molecule has 5 heteroatoms. The molecular formula is C12H12FNO2S. The summed E-state index contributed by atoms with van der Waals surface area (Å²) in [4.78, 5) is 25.2. The minimum Gasteiger partial charge on any atom is -0.308 e. The molecule has 0 radical (unpaired) electrons. The van der Waals surface area contributed by atoms with Gasteiger partial charge in [-0.15, -0.1) is 11.8 Å². The number of fused-ring (bicyclic) bond motifs is 1. The molecule has 1 heterocycles. The van der Waals surface area contributed by atoms with Crippen LogP contribution in [-0.2, 0) is 4.79 Å². The van der Waals surface area contributed by atoms with Crippen LogP contribution in [0.2, 0.25) is 0 Å². The lowest BCUT2D eigenvalue weighted by Gasteiger charge is -2.28. The van der Waals surface area contributed by atoms with Crippen molar-refractivity contribution in [3.05, 3.63) is 23.8 Å². The first kappa shape index (κ1) is 12.1. The van der Waals surface area contributed by atoms with Gasteiger partial charge in [0, 0.05) is 10.5 Å². The zero-order valence-corrected chi connectivity index (χ0v) is 10.2. The van der Waals surface area contributed by atoms with Crippen LogP contribution in [0.25, 0.3) is 0 Å². The van der Waals surface area contributed by atoms with Crippen LogP contribution in [0.5, 0.6) is 0 Å². The Balaban J connectivity index is 2.40. The van der Waals surface area contributed by atoms with Gasteiger partial charge in [-0.2, -0.15) is 0 Å². The van der Waals surface area contributed by atoms with Gasteiger partial charge in [0.05, 0.1) is 18.0 Å². The molecule has 3 nitrogen and oxygen atoms in total. The predicted octanol–water partition coefficient (Wildman–Crippen LogP) is 2.30. The molecule has 1 aliphatic heterocycles. The largest absolute Gasteiger partial charge is 0.308 e. The normalized spacial score (nSPS) is 14.7. The Morgan fingerprint density at radius 1 is 1.53 bits per heavy atom. The lowest BCUT2D eigenvalue weighted by molar-refractivity contribution is -0.116. The van der Waals surface area contributed by atoms with Crippen LogP contribution in [0.15, 0.2) is 23.1 Å². The van der Waals surface area contributed by atoms with Crippen LogP contribution in [0, 0.1) is 0 Å². The fraction of sp³-hybridized carbons (Fsp3) is 0.333. The quantitative estimate of drug-likeness (QED) is 0.776. The minimum absolute atomic E-state index is 0.0117. The average molecular weight is 253 g/mol. The molecular weight excluding hydrogens is 241 g/mol. The third kappa shape index (κ3) is 2.34. The van der Waals surface area contributed by atoms with E-state index in [-0.39, 0.29) is 18.2 Å². The Labute approximate surface area is 103 Å². The molecule has 1 aromatic rings. The van der Waals surface area contributed by atoms with Gasteiger partial charge in [0.2, 0.25) is 5.91 Å². The van der Waals surface area contributed by atoms with Gasteiger partial charge in [0.25, 0.3) is 0 Å². The summed E-state index contributed by atoms with van der Waals surface area (Å²) in [6.07, 6.45) is 0. The van der Waals surface area contributed by atoms with Crippen molar-refractivity contribution in [3.8, 4) is 0 Å². The fourth-order valence-electron chi connectivity index (χ4n) is 1.75. The molecule has 2 rings (SSSR count). The van der Waals surface area contributed by atoms with Crippen molar-refractivity contribution in [1.82, 2.24) is 0 Å². The van der Waals surface area contributed by atoms with Gasteiger partial charge in [-0.1, -0.05) is 0 Å². The minimum atomic E-state index is -0.565. The molecule has 0 bridgehead atoms. The van der Waals surface area contributed by atoms with Crippen LogP contribution < -0.4 is 4.90 Å². The van der Waals surface area contributed by atoms with Crippen LogP contribution >= 0.6 is 11.8 Å². The molecule has 0 atom stereocenters.